The summed E-state index contributed by atoms with van der Waals surface area (Å²) < 4.78 is 5.47. The molecule has 6 nitrogen and oxygen atoms in total. The van der Waals surface area contributed by atoms with Crippen LogP contribution in [0.15, 0.2) is 24.3 Å². The van der Waals surface area contributed by atoms with Gasteiger partial charge in [0.1, 0.15) is 5.69 Å². The lowest BCUT2D eigenvalue weighted by Gasteiger charge is -2.35. The molecule has 0 spiro atoms. The number of morpholine rings is 1. The zero-order valence-corrected chi connectivity index (χ0v) is 17.2. The van der Waals surface area contributed by atoms with Crippen LogP contribution in [0.3, 0.4) is 0 Å². The SMILES string of the molecule is CC(=O)c1c(C)[nH]c(C(=O)NCC(c2ccc(Cl)cc2)N2CCOCC2)c1C. The van der Waals surface area contributed by atoms with Crippen LogP contribution < -0.4 is 5.32 Å². The van der Waals surface area contributed by atoms with E-state index in [4.69, 9.17) is 16.3 Å². The minimum atomic E-state index is -0.208. The molecular weight excluding hydrogens is 378 g/mol. The molecule has 0 aliphatic carbocycles. The number of ketones is 1. The van der Waals surface area contributed by atoms with Crippen molar-refractivity contribution in [3.05, 3.63) is 57.4 Å². The van der Waals surface area contributed by atoms with E-state index in [0.29, 0.717) is 41.6 Å². The van der Waals surface area contributed by atoms with E-state index < -0.39 is 0 Å². The lowest BCUT2D eigenvalue weighted by molar-refractivity contribution is 0.0162. The number of aryl methyl sites for hydroxylation is 1. The Hall–Kier alpha value is -2.15. The maximum atomic E-state index is 12.8. The van der Waals surface area contributed by atoms with E-state index in [0.717, 1.165) is 24.3 Å². The number of hydrogen-bond donors (Lipinski definition) is 2. The number of carbonyl (C=O) groups is 2. The normalized spacial score (nSPS) is 16.0. The van der Waals surface area contributed by atoms with Gasteiger partial charge in [-0.2, -0.15) is 0 Å². The molecule has 0 saturated carbocycles. The predicted molar refractivity (Wildman–Crippen MR) is 109 cm³/mol. The summed E-state index contributed by atoms with van der Waals surface area (Å²) in [5.74, 6) is -0.252. The smallest absolute Gasteiger partial charge is 0.268 e. The van der Waals surface area contributed by atoms with Crippen LogP contribution in [-0.4, -0.2) is 54.4 Å². The van der Waals surface area contributed by atoms with E-state index in [1.165, 1.54) is 6.92 Å². The molecule has 3 rings (SSSR count). The lowest BCUT2D eigenvalue weighted by Crippen LogP contribution is -2.44. The first kappa shape index (κ1) is 20.6. The van der Waals surface area contributed by atoms with E-state index >= 15 is 0 Å². The van der Waals surface area contributed by atoms with Crippen LogP contribution in [0, 0.1) is 13.8 Å². The number of amides is 1. The highest BCUT2D eigenvalue weighted by molar-refractivity contribution is 6.30. The van der Waals surface area contributed by atoms with Crippen LogP contribution in [0.2, 0.25) is 5.02 Å². The number of nitrogens with one attached hydrogen (secondary N) is 2. The molecule has 1 aromatic heterocycles. The first-order valence-corrected chi connectivity index (χ1v) is 9.82. The summed E-state index contributed by atoms with van der Waals surface area (Å²) in [6.07, 6.45) is 0. The molecule has 1 amide bonds. The largest absolute Gasteiger partial charge is 0.379 e. The van der Waals surface area contributed by atoms with E-state index in [-0.39, 0.29) is 17.7 Å². The number of benzene rings is 1. The molecule has 1 fully saturated rings. The fourth-order valence-corrected chi connectivity index (χ4v) is 3.94. The summed E-state index contributed by atoms with van der Waals surface area (Å²) in [4.78, 5) is 30.0. The van der Waals surface area contributed by atoms with Gasteiger partial charge in [0.2, 0.25) is 0 Å². The van der Waals surface area contributed by atoms with Crippen molar-refractivity contribution in [3.63, 3.8) is 0 Å². The van der Waals surface area contributed by atoms with E-state index in [2.05, 4.69) is 15.2 Å². The molecule has 0 radical (unpaired) electrons. The monoisotopic (exact) mass is 403 g/mol. The molecule has 1 aromatic carbocycles. The van der Waals surface area contributed by atoms with Gasteiger partial charge in [0.25, 0.3) is 5.91 Å². The molecular formula is C21H26ClN3O3. The maximum absolute atomic E-state index is 12.8. The van der Waals surface area contributed by atoms with Crippen LogP contribution in [-0.2, 0) is 4.74 Å². The highest BCUT2D eigenvalue weighted by atomic mass is 35.5. The Balaban J connectivity index is 1.78. The highest BCUT2D eigenvalue weighted by Gasteiger charge is 2.25. The third-order valence-electron chi connectivity index (χ3n) is 5.21. The molecule has 1 unspecified atom stereocenters. The Kier molecular flexibility index (Phi) is 6.54. The third-order valence-corrected chi connectivity index (χ3v) is 5.47. The van der Waals surface area contributed by atoms with Gasteiger partial charge < -0.3 is 15.0 Å². The summed E-state index contributed by atoms with van der Waals surface area (Å²) in [6.45, 7) is 8.53. The molecule has 28 heavy (non-hydrogen) atoms. The van der Waals surface area contributed by atoms with Crippen molar-refractivity contribution in [1.82, 2.24) is 15.2 Å². The summed E-state index contributed by atoms with van der Waals surface area (Å²) in [7, 11) is 0. The van der Waals surface area contributed by atoms with Crippen LogP contribution >= 0.6 is 11.6 Å². The number of H-pyrrole nitrogens is 1. The number of carbonyl (C=O) groups excluding carboxylic acids is 2. The zero-order chi connectivity index (χ0) is 20.3. The molecule has 1 aliphatic rings. The summed E-state index contributed by atoms with van der Waals surface area (Å²) in [5, 5.41) is 3.72. The van der Waals surface area contributed by atoms with Gasteiger partial charge in [-0.25, -0.2) is 0 Å². The Morgan fingerprint density at radius 3 is 2.43 bits per heavy atom. The first-order chi connectivity index (χ1) is 13.4. The molecule has 1 saturated heterocycles. The van der Waals surface area contributed by atoms with E-state index in [1.54, 1.807) is 6.92 Å². The average Bonchev–Trinajstić information content (AvgIpc) is 2.98. The van der Waals surface area contributed by atoms with Crippen molar-refractivity contribution in [3.8, 4) is 0 Å². The van der Waals surface area contributed by atoms with Crippen molar-refractivity contribution in [2.75, 3.05) is 32.8 Å². The van der Waals surface area contributed by atoms with Crippen molar-refractivity contribution < 1.29 is 14.3 Å². The molecule has 1 atom stereocenters. The number of hydrogen-bond acceptors (Lipinski definition) is 4. The molecule has 2 N–H and O–H groups in total. The van der Waals surface area contributed by atoms with Gasteiger partial charge >= 0.3 is 0 Å². The number of ether oxygens (including phenoxy) is 1. The van der Waals surface area contributed by atoms with Crippen LogP contribution in [0.4, 0.5) is 0 Å². The molecule has 150 valence electrons. The first-order valence-electron chi connectivity index (χ1n) is 9.44. The number of Topliss-reactive ketones (excluding diaryl/α,β-unsaturated/α-hetero) is 1. The molecule has 2 aromatic rings. The Morgan fingerprint density at radius 1 is 1.21 bits per heavy atom. The summed E-state index contributed by atoms with van der Waals surface area (Å²) in [5.41, 5.74) is 3.54. The molecule has 0 bridgehead atoms. The standard InChI is InChI=1S/C21H26ClN3O3/c1-13-19(15(3)26)14(2)24-20(13)21(27)23-12-18(25-8-10-28-11-9-25)16-4-6-17(22)7-5-16/h4-7,18,24H,8-12H2,1-3H3,(H,23,27). The van der Waals surface area contributed by atoms with Gasteiger partial charge in [0, 0.05) is 35.9 Å². The van der Waals surface area contributed by atoms with Gasteiger partial charge in [0.15, 0.2) is 5.78 Å². The lowest BCUT2D eigenvalue weighted by atomic mass is 10.0. The summed E-state index contributed by atoms with van der Waals surface area (Å²) in [6, 6.07) is 7.74. The van der Waals surface area contributed by atoms with Crippen molar-refractivity contribution in [1.29, 1.82) is 0 Å². The Labute approximate surface area is 170 Å². The topological polar surface area (TPSA) is 74.4 Å². The van der Waals surface area contributed by atoms with Gasteiger partial charge in [-0.05, 0) is 44.0 Å². The molecule has 1 aliphatic heterocycles. The van der Waals surface area contributed by atoms with Gasteiger partial charge in [-0.3, -0.25) is 14.5 Å². The van der Waals surface area contributed by atoms with Gasteiger partial charge in [-0.1, -0.05) is 23.7 Å². The fraction of sp³-hybridized carbons (Fsp3) is 0.429. The fourth-order valence-electron chi connectivity index (χ4n) is 3.81. The maximum Gasteiger partial charge on any atom is 0.268 e. The van der Waals surface area contributed by atoms with Crippen molar-refractivity contribution in [2.45, 2.75) is 26.8 Å². The van der Waals surface area contributed by atoms with Gasteiger partial charge in [0.05, 0.1) is 19.3 Å². The number of aromatic nitrogens is 1. The number of nitrogens with zero attached hydrogens (tertiary/aromatic N) is 1. The molecule has 2 heterocycles. The van der Waals surface area contributed by atoms with E-state index in [9.17, 15) is 9.59 Å². The zero-order valence-electron chi connectivity index (χ0n) is 16.5. The molecule has 7 heteroatoms. The number of halogens is 1. The van der Waals surface area contributed by atoms with Gasteiger partial charge in [-0.15, -0.1) is 0 Å². The van der Waals surface area contributed by atoms with E-state index in [1.807, 2.05) is 31.2 Å². The van der Waals surface area contributed by atoms with Crippen molar-refractivity contribution >= 4 is 23.3 Å². The highest BCUT2D eigenvalue weighted by Crippen LogP contribution is 2.24. The van der Waals surface area contributed by atoms with Crippen LogP contribution in [0.1, 0.15) is 50.6 Å². The minimum absolute atomic E-state index is 0.0220. The average molecular weight is 404 g/mol. The quantitative estimate of drug-likeness (QED) is 0.726. The number of aromatic amines is 1. The second kappa shape index (κ2) is 8.90. The van der Waals surface area contributed by atoms with Crippen LogP contribution in [0.25, 0.3) is 0 Å². The summed E-state index contributed by atoms with van der Waals surface area (Å²) >= 11 is 6.03. The Morgan fingerprint density at radius 2 is 1.86 bits per heavy atom. The predicted octanol–water partition coefficient (Wildman–Crippen LogP) is 3.29. The number of rotatable bonds is 6. The van der Waals surface area contributed by atoms with Crippen LogP contribution in [0.5, 0.6) is 0 Å². The second-order valence-electron chi connectivity index (χ2n) is 7.11. The second-order valence-corrected chi connectivity index (χ2v) is 7.54. The third kappa shape index (κ3) is 4.46. The van der Waals surface area contributed by atoms with Crippen molar-refractivity contribution in [2.24, 2.45) is 0 Å². The Bertz CT molecular complexity index is 855. The minimum Gasteiger partial charge on any atom is -0.379 e.